The van der Waals surface area contributed by atoms with Crippen LogP contribution in [0.15, 0.2) is 40.9 Å². The summed E-state index contributed by atoms with van der Waals surface area (Å²) in [4.78, 5) is 27.1. The second-order valence-electron chi connectivity index (χ2n) is 7.35. The highest BCUT2D eigenvalue weighted by molar-refractivity contribution is 9.10. The molecule has 0 spiro atoms. The van der Waals surface area contributed by atoms with Gasteiger partial charge in [-0.15, -0.1) is 0 Å². The van der Waals surface area contributed by atoms with Gasteiger partial charge in [0.25, 0.3) is 0 Å². The third-order valence-corrected chi connectivity index (χ3v) is 5.59. The van der Waals surface area contributed by atoms with Crippen LogP contribution in [-0.2, 0) is 16.0 Å². The lowest BCUT2D eigenvalue weighted by molar-refractivity contribution is -0.122. The van der Waals surface area contributed by atoms with Crippen LogP contribution in [0, 0.1) is 12.8 Å². The van der Waals surface area contributed by atoms with Crippen LogP contribution in [0.3, 0.4) is 0 Å². The first-order valence-corrected chi connectivity index (χ1v) is 10.8. The van der Waals surface area contributed by atoms with Crippen LogP contribution in [-0.4, -0.2) is 25.0 Å². The Labute approximate surface area is 180 Å². The molecule has 0 saturated carbocycles. The molecule has 1 atom stereocenters. The Morgan fingerprint density at radius 1 is 1.24 bits per heavy atom. The van der Waals surface area contributed by atoms with E-state index in [4.69, 9.17) is 4.74 Å². The quantitative estimate of drug-likeness (QED) is 0.627. The molecule has 2 aromatic carbocycles. The summed E-state index contributed by atoms with van der Waals surface area (Å²) in [6.07, 6.45) is 1.98. The maximum atomic E-state index is 12.9. The number of carbonyl (C=O) groups is 2. The normalized spacial score (nSPS) is 16.2. The summed E-state index contributed by atoms with van der Waals surface area (Å²) in [5.74, 6) is 0.278. The number of amides is 2. The molecule has 0 aromatic heterocycles. The molecule has 2 amide bonds. The van der Waals surface area contributed by atoms with E-state index in [1.807, 2.05) is 43.3 Å². The molecule has 1 aliphatic heterocycles. The van der Waals surface area contributed by atoms with Crippen molar-refractivity contribution in [2.24, 2.45) is 5.92 Å². The minimum Gasteiger partial charge on any atom is -0.494 e. The smallest absolute Gasteiger partial charge is 0.229 e. The Morgan fingerprint density at radius 3 is 2.62 bits per heavy atom. The standard InChI is InChI=1S/C23H27BrN2O3/c1-4-10-29-20-8-6-19(7-9-20)26-14-17(13-21(26)27)23(28)25-22-15(3)11-18(24)12-16(22)5-2/h6-9,11-12,17H,4-5,10,13-14H2,1-3H3,(H,25,28)/t17-/m0/s1. The zero-order valence-corrected chi connectivity index (χ0v) is 18.7. The van der Waals surface area contributed by atoms with Gasteiger partial charge in [0.2, 0.25) is 11.8 Å². The van der Waals surface area contributed by atoms with Crippen LogP contribution in [0.4, 0.5) is 11.4 Å². The van der Waals surface area contributed by atoms with Gasteiger partial charge in [0.05, 0.1) is 12.5 Å². The van der Waals surface area contributed by atoms with Crippen molar-refractivity contribution in [3.05, 3.63) is 52.0 Å². The average Bonchev–Trinajstić information content (AvgIpc) is 3.10. The van der Waals surface area contributed by atoms with E-state index in [2.05, 4.69) is 35.1 Å². The number of carbonyl (C=O) groups excluding carboxylic acids is 2. The van der Waals surface area contributed by atoms with E-state index < -0.39 is 0 Å². The summed E-state index contributed by atoms with van der Waals surface area (Å²) < 4.78 is 6.59. The molecule has 1 heterocycles. The van der Waals surface area contributed by atoms with Crippen molar-refractivity contribution < 1.29 is 14.3 Å². The van der Waals surface area contributed by atoms with E-state index in [9.17, 15) is 9.59 Å². The minimum absolute atomic E-state index is 0.0318. The number of nitrogens with one attached hydrogen (secondary N) is 1. The fraction of sp³-hybridized carbons (Fsp3) is 0.391. The van der Waals surface area contributed by atoms with Crippen LogP contribution in [0.25, 0.3) is 0 Å². The first-order valence-electron chi connectivity index (χ1n) is 10.1. The fourth-order valence-corrected chi connectivity index (χ4v) is 4.19. The SMILES string of the molecule is CCCOc1ccc(N2C[C@@H](C(=O)Nc3c(C)cc(Br)cc3CC)CC2=O)cc1. The third kappa shape index (κ3) is 4.99. The molecule has 0 bridgehead atoms. The second kappa shape index (κ2) is 9.44. The highest BCUT2D eigenvalue weighted by atomic mass is 79.9. The summed E-state index contributed by atoms with van der Waals surface area (Å²) in [6, 6.07) is 11.5. The average molecular weight is 459 g/mol. The van der Waals surface area contributed by atoms with Gasteiger partial charge < -0.3 is 15.0 Å². The number of hydrogen-bond acceptors (Lipinski definition) is 3. The highest BCUT2D eigenvalue weighted by Crippen LogP contribution is 2.30. The molecule has 6 heteroatoms. The number of benzene rings is 2. The van der Waals surface area contributed by atoms with Gasteiger partial charge in [0.15, 0.2) is 0 Å². The summed E-state index contributed by atoms with van der Waals surface area (Å²) in [5, 5.41) is 3.07. The highest BCUT2D eigenvalue weighted by Gasteiger charge is 2.35. The minimum atomic E-state index is -0.369. The molecule has 1 aliphatic rings. The van der Waals surface area contributed by atoms with Gasteiger partial charge in [0.1, 0.15) is 5.75 Å². The van der Waals surface area contributed by atoms with Crippen molar-refractivity contribution in [3.63, 3.8) is 0 Å². The number of nitrogens with zero attached hydrogens (tertiary/aromatic N) is 1. The predicted molar refractivity (Wildman–Crippen MR) is 120 cm³/mol. The third-order valence-electron chi connectivity index (χ3n) is 5.13. The van der Waals surface area contributed by atoms with Gasteiger partial charge >= 0.3 is 0 Å². The Bertz CT molecular complexity index is 896. The molecular weight excluding hydrogens is 432 g/mol. The van der Waals surface area contributed by atoms with Crippen molar-refractivity contribution in [1.82, 2.24) is 0 Å². The van der Waals surface area contributed by atoms with Gasteiger partial charge in [-0.25, -0.2) is 0 Å². The summed E-state index contributed by atoms with van der Waals surface area (Å²) in [5.41, 5.74) is 3.73. The van der Waals surface area contributed by atoms with Crippen molar-refractivity contribution in [3.8, 4) is 5.75 Å². The maximum absolute atomic E-state index is 12.9. The van der Waals surface area contributed by atoms with E-state index in [0.717, 1.165) is 45.6 Å². The molecule has 29 heavy (non-hydrogen) atoms. The van der Waals surface area contributed by atoms with Crippen LogP contribution in [0.5, 0.6) is 5.75 Å². The maximum Gasteiger partial charge on any atom is 0.229 e. The van der Waals surface area contributed by atoms with Gasteiger partial charge in [-0.05, 0) is 67.3 Å². The summed E-state index contributed by atoms with van der Waals surface area (Å²) >= 11 is 3.51. The van der Waals surface area contributed by atoms with E-state index in [1.165, 1.54) is 0 Å². The largest absolute Gasteiger partial charge is 0.494 e. The molecule has 0 radical (unpaired) electrons. The van der Waals surface area contributed by atoms with E-state index in [-0.39, 0.29) is 24.2 Å². The molecule has 154 valence electrons. The van der Waals surface area contributed by atoms with Crippen molar-refractivity contribution in [2.75, 3.05) is 23.4 Å². The molecule has 1 saturated heterocycles. The molecule has 0 unspecified atom stereocenters. The monoisotopic (exact) mass is 458 g/mol. The van der Waals surface area contributed by atoms with Gasteiger partial charge in [-0.2, -0.15) is 0 Å². The number of ether oxygens (including phenoxy) is 1. The van der Waals surface area contributed by atoms with E-state index in [1.54, 1.807) is 4.90 Å². The molecule has 5 nitrogen and oxygen atoms in total. The summed E-state index contributed by atoms with van der Waals surface area (Å²) in [6.45, 7) is 7.15. The van der Waals surface area contributed by atoms with Crippen molar-refractivity contribution >= 4 is 39.1 Å². The Balaban J connectivity index is 1.69. The van der Waals surface area contributed by atoms with Crippen molar-refractivity contribution in [2.45, 2.75) is 40.0 Å². The molecule has 3 rings (SSSR count). The second-order valence-corrected chi connectivity index (χ2v) is 8.26. The van der Waals surface area contributed by atoms with E-state index in [0.29, 0.717) is 13.2 Å². The molecule has 2 aromatic rings. The number of anilines is 2. The number of aryl methyl sites for hydroxylation is 2. The lowest BCUT2D eigenvalue weighted by Gasteiger charge is -2.18. The lowest BCUT2D eigenvalue weighted by Crippen LogP contribution is -2.28. The molecule has 0 aliphatic carbocycles. The summed E-state index contributed by atoms with van der Waals surface area (Å²) in [7, 11) is 0. The molecular formula is C23H27BrN2O3. The first kappa shape index (κ1) is 21.4. The van der Waals surface area contributed by atoms with Crippen LogP contribution in [0.2, 0.25) is 0 Å². The number of halogens is 1. The topological polar surface area (TPSA) is 58.6 Å². The van der Waals surface area contributed by atoms with Crippen molar-refractivity contribution in [1.29, 1.82) is 0 Å². The van der Waals surface area contributed by atoms with Crippen LogP contribution in [0.1, 0.15) is 37.8 Å². The Hall–Kier alpha value is -2.34. The number of rotatable bonds is 7. The van der Waals surface area contributed by atoms with E-state index >= 15 is 0 Å². The van der Waals surface area contributed by atoms with Gasteiger partial charge in [-0.3, -0.25) is 9.59 Å². The van der Waals surface area contributed by atoms with Crippen LogP contribution >= 0.6 is 15.9 Å². The Morgan fingerprint density at radius 2 is 1.97 bits per heavy atom. The fourth-order valence-electron chi connectivity index (χ4n) is 3.57. The zero-order chi connectivity index (χ0) is 21.0. The predicted octanol–water partition coefficient (Wildman–Crippen LogP) is 5.10. The van der Waals surface area contributed by atoms with Crippen LogP contribution < -0.4 is 15.0 Å². The Kier molecular flexibility index (Phi) is 6.96. The molecule has 1 N–H and O–H groups in total. The van der Waals surface area contributed by atoms with Gasteiger partial charge in [0, 0.05) is 28.8 Å². The number of hydrogen-bond donors (Lipinski definition) is 1. The molecule has 1 fully saturated rings. The first-order chi connectivity index (χ1) is 13.9. The lowest BCUT2D eigenvalue weighted by atomic mass is 10.0. The zero-order valence-electron chi connectivity index (χ0n) is 17.1. The van der Waals surface area contributed by atoms with Gasteiger partial charge in [-0.1, -0.05) is 29.8 Å².